The molecule has 0 unspecified atom stereocenters. The van der Waals surface area contributed by atoms with Gasteiger partial charge in [0, 0.05) is 26.2 Å². The third kappa shape index (κ3) is 6.47. The van der Waals surface area contributed by atoms with Crippen molar-refractivity contribution in [2.75, 3.05) is 51.3 Å². The van der Waals surface area contributed by atoms with Crippen LogP contribution in [0.3, 0.4) is 0 Å². The summed E-state index contributed by atoms with van der Waals surface area (Å²) >= 11 is 12.7. The van der Waals surface area contributed by atoms with Crippen LogP contribution in [0.2, 0.25) is 10.0 Å². The highest BCUT2D eigenvalue weighted by atomic mass is 35.5. The number of likely N-dealkylation sites (N-methyl/N-ethyl adjacent to an activating group) is 1. The van der Waals surface area contributed by atoms with Crippen LogP contribution in [0.15, 0.2) is 30.3 Å². The molecule has 188 valence electrons. The maximum Gasteiger partial charge on any atom is 0.414 e. The summed E-state index contributed by atoms with van der Waals surface area (Å²) in [6.07, 6.45) is -0.874. The van der Waals surface area contributed by atoms with E-state index in [0.717, 1.165) is 18.0 Å². The molecule has 10 nitrogen and oxygen atoms in total. The number of rotatable bonds is 7. The largest absolute Gasteiger partial charge is 0.507 e. The number of carbonyl (C=O) groups is 3. The summed E-state index contributed by atoms with van der Waals surface area (Å²) in [4.78, 5) is 41.0. The number of hydrogen-bond donors (Lipinski definition) is 2. The zero-order valence-electron chi connectivity index (χ0n) is 19.2. The monoisotopic (exact) mass is 525 g/mol. The van der Waals surface area contributed by atoms with Crippen molar-refractivity contribution in [2.45, 2.75) is 6.92 Å². The van der Waals surface area contributed by atoms with Gasteiger partial charge in [-0.05, 0) is 44.3 Å². The average molecular weight is 526 g/mol. The Kier molecular flexibility index (Phi) is 8.66. The van der Waals surface area contributed by atoms with Crippen LogP contribution >= 0.6 is 23.2 Å². The number of phenolic OH excluding ortho intramolecular Hbond substituents is 1. The van der Waals surface area contributed by atoms with Crippen LogP contribution in [0.5, 0.6) is 17.2 Å². The number of aromatic hydroxyl groups is 1. The number of amides is 2. The molecule has 1 aliphatic rings. The molecule has 2 amide bonds. The van der Waals surface area contributed by atoms with Gasteiger partial charge >= 0.3 is 12.1 Å². The van der Waals surface area contributed by atoms with E-state index in [9.17, 15) is 19.5 Å². The van der Waals surface area contributed by atoms with Gasteiger partial charge in [-0.25, -0.2) is 4.79 Å². The Bertz CT molecular complexity index is 1100. The smallest absolute Gasteiger partial charge is 0.414 e. The molecule has 0 radical (unpaired) electrons. The van der Waals surface area contributed by atoms with E-state index in [2.05, 4.69) is 4.90 Å². The molecule has 2 aromatic carbocycles. The Morgan fingerprint density at radius 1 is 1.06 bits per heavy atom. The first kappa shape index (κ1) is 26.4. The SMILES string of the molecule is CCOC(=O)N(CC(=O)O)c1cc(Cl)c(Oc2ccc(O)c(C(=O)N3CCN(C)CC3)c2)c(Cl)c1. The minimum Gasteiger partial charge on any atom is -0.507 e. The van der Waals surface area contributed by atoms with Crippen LogP contribution in [0.25, 0.3) is 0 Å². The maximum absolute atomic E-state index is 12.9. The molecule has 35 heavy (non-hydrogen) atoms. The van der Waals surface area contributed by atoms with Crippen LogP contribution in [0, 0.1) is 0 Å². The molecule has 2 N–H and O–H groups in total. The molecule has 1 saturated heterocycles. The van der Waals surface area contributed by atoms with Crippen LogP contribution < -0.4 is 9.64 Å². The van der Waals surface area contributed by atoms with Crippen molar-refractivity contribution in [3.8, 4) is 17.2 Å². The quantitative estimate of drug-likeness (QED) is 0.557. The Hall–Kier alpha value is -3.21. The topological polar surface area (TPSA) is 120 Å². The van der Waals surface area contributed by atoms with Crippen molar-refractivity contribution in [1.82, 2.24) is 9.80 Å². The molecule has 0 spiro atoms. The van der Waals surface area contributed by atoms with Gasteiger partial charge in [-0.1, -0.05) is 23.2 Å². The second-order valence-corrected chi connectivity index (χ2v) is 8.61. The number of ether oxygens (including phenoxy) is 2. The highest BCUT2D eigenvalue weighted by Gasteiger charge is 2.25. The first-order chi connectivity index (χ1) is 16.6. The molecule has 0 atom stereocenters. The van der Waals surface area contributed by atoms with E-state index in [1.165, 1.54) is 30.3 Å². The molecule has 2 aromatic rings. The number of carboxylic acids is 1. The second kappa shape index (κ2) is 11.5. The number of benzene rings is 2. The van der Waals surface area contributed by atoms with Gasteiger partial charge in [0.15, 0.2) is 5.75 Å². The summed E-state index contributed by atoms with van der Waals surface area (Å²) in [7, 11) is 1.97. The lowest BCUT2D eigenvalue weighted by atomic mass is 10.1. The molecule has 12 heteroatoms. The van der Waals surface area contributed by atoms with E-state index in [1.807, 2.05) is 7.05 Å². The van der Waals surface area contributed by atoms with Gasteiger partial charge in [0.1, 0.15) is 18.0 Å². The second-order valence-electron chi connectivity index (χ2n) is 7.79. The minimum atomic E-state index is -1.26. The van der Waals surface area contributed by atoms with Crippen LogP contribution in [0.1, 0.15) is 17.3 Å². The predicted octanol–water partition coefficient (Wildman–Crippen LogP) is 3.93. The fourth-order valence-electron chi connectivity index (χ4n) is 3.45. The zero-order chi connectivity index (χ0) is 25.7. The van der Waals surface area contributed by atoms with Crippen molar-refractivity contribution in [3.05, 3.63) is 45.9 Å². The van der Waals surface area contributed by atoms with Gasteiger partial charge in [-0.3, -0.25) is 14.5 Å². The molecular weight excluding hydrogens is 501 g/mol. The minimum absolute atomic E-state index is 0.00722. The summed E-state index contributed by atoms with van der Waals surface area (Å²) in [6.45, 7) is 3.50. The number of carbonyl (C=O) groups excluding carboxylic acids is 2. The van der Waals surface area contributed by atoms with Gasteiger partial charge in [0.05, 0.1) is 27.9 Å². The summed E-state index contributed by atoms with van der Waals surface area (Å²) in [6, 6.07) is 6.82. The van der Waals surface area contributed by atoms with Crippen LogP contribution in [-0.4, -0.2) is 84.4 Å². The first-order valence-corrected chi connectivity index (χ1v) is 11.5. The number of hydrogen-bond acceptors (Lipinski definition) is 7. The van der Waals surface area contributed by atoms with Gasteiger partial charge in [0.25, 0.3) is 5.91 Å². The third-order valence-corrected chi connectivity index (χ3v) is 5.85. The molecule has 0 bridgehead atoms. The fourth-order valence-corrected chi connectivity index (χ4v) is 4.00. The summed E-state index contributed by atoms with van der Waals surface area (Å²) in [5, 5.41) is 19.4. The molecule has 0 aliphatic carbocycles. The lowest BCUT2D eigenvalue weighted by Crippen LogP contribution is -2.47. The molecule has 1 heterocycles. The summed E-state index contributed by atoms with van der Waals surface area (Å²) in [5.41, 5.74) is 0.177. The molecule has 1 aliphatic heterocycles. The number of phenols is 1. The van der Waals surface area contributed by atoms with E-state index in [1.54, 1.807) is 11.8 Å². The zero-order valence-corrected chi connectivity index (χ0v) is 20.7. The number of nitrogens with zero attached hydrogens (tertiary/aromatic N) is 3. The van der Waals surface area contributed by atoms with E-state index in [-0.39, 0.29) is 51.1 Å². The van der Waals surface area contributed by atoms with Crippen molar-refractivity contribution < 1.29 is 34.1 Å². The van der Waals surface area contributed by atoms with Crippen molar-refractivity contribution in [2.24, 2.45) is 0 Å². The third-order valence-electron chi connectivity index (χ3n) is 5.29. The molecule has 1 fully saturated rings. The fraction of sp³-hybridized carbons (Fsp3) is 0.348. The number of halogens is 2. The Morgan fingerprint density at radius 3 is 2.26 bits per heavy atom. The maximum atomic E-state index is 12.9. The first-order valence-electron chi connectivity index (χ1n) is 10.7. The van der Waals surface area contributed by atoms with E-state index < -0.39 is 18.6 Å². The van der Waals surface area contributed by atoms with E-state index in [0.29, 0.717) is 13.1 Å². The Morgan fingerprint density at radius 2 is 1.69 bits per heavy atom. The van der Waals surface area contributed by atoms with Crippen molar-refractivity contribution in [3.63, 3.8) is 0 Å². The lowest BCUT2D eigenvalue weighted by Gasteiger charge is -2.32. The van der Waals surface area contributed by atoms with Gasteiger partial charge < -0.3 is 29.5 Å². The molecule has 3 rings (SSSR count). The van der Waals surface area contributed by atoms with Crippen molar-refractivity contribution >= 4 is 46.9 Å². The Balaban J connectivity index is 1.86. The number of aliphatic carboxylic acids is 1. The van der Waals surface area contributed by atoms with Crippen LogP contribution in [-0.2, 0) is 9.53 Å². The highest BCUT2D eigenvalue weighted by molar-refractivity contribution is 6.37. The predicted molar refractivity (Wildman–Crippen MR) is 130 cm³/mol. The standard InChI is InChI=1S/C23H25Cl2N3O7/c1-3-34-23(33)28(13-20(30)31)14-10-17(24)21(18(25)11-14)35-15-4-5-19(29)16(12-15)22(32)27-8-6-26(2)7-9-27/h4-5,10-12,29H,3,6-9,13H2,1-2H3,(H,30,31). The summed E-state index contributed by atoms with van der Waals surface area (Å²) in [5.74, 6) is -1.54. The Labute approximate surface area is 212 Å². The molecule has 0 saturated carbocycles. The average Bonchev–Trinajstić information content (AvgIpc) is 2.80. The van der Waals surface area contributed by atoms with E-state index in [4.69, 9.17) is 37.8 Å². The highest BCUT2D eigenvalue weighted by Crippen LogP contribution is 2.40. The van der Waals surface area contributed by atoms with Gasteiger partial charge in [-0.15, -0.1) is 0 Å². The van der Waals surface area contributed by atoms with Gasteiger partial charge in [-0.2, -0.15) is 0 Å². The molecule has 0 aromatic heterocycles. The summed E-state index contributed by atoms with van der Waals surface area (Å²) < 4.78 is 10.7. The normalized spacial score (nSPS) is 13.9. The molecular formula is C23H25Cl2N3O7. The number of piperazine rings is 1. The van der Waals surface area contributed by atoms with E-state index >= 15 is 0 Å². The van der Waals surface area contributed by atoms with Crippen LogP contribution in [0.4, 0.5) is 10.5 Å². The number of anilines is 1. The number of carboxylic acid groups (broad SMARTS) is 1. The lowest BCUT2D eigenvalue weighted by molar-refractivity contribution is -0.135. The van der Waals surface area contributed by atoms with Gasteiger partial charge in [0.2, 0.25) is 0 Å². The van der Waals surface area contributed by atoms with Crippen molar-refractivity contribution in [1.29, 1.82) is 0 Å².